The molecule has 2 N–H and O–H groups in total. The molecule has 17 heavy (non-hydrogen) atoms. The summed E-state index contributed by atoms with van der Waals surface area (Å²) in [5, 5.41) is 10.8. The third kappa shape index (κ3) is 4.88. The summed E-state index contributed by atoms with van der Waals surface area (Å²) in [5.74, 6) is -1.44. The predicted molar refractivity (Wildman–Crippen MR) is 66.0 cm³/mol. The molecule has 0 radical (unpaired) electrons. The summed E-state index contributed by atoms with van der Waals surface area (Å²) in [6.45, 7) is -0.371. The van der Waals surface area contributed by atoms with Gasteiger partial charge in [0.05, 0.1) is 0 Å². The van der Waals surface area contributed by atoms with Gasteiger partial charge in [-0.2, -0.15) is 0 Å². The number of carbonyl (C=O) groups excluding carboxylic acids is 1. The van der Waals surface area contributed by atoms with Crippen LogP contribution in [0.25, 0.3) is 0 Å². The van der Waals surface area contributed by atoms with Crippen molar-refractivity contribution in [2.24, 2.45) is 0 Å². The lowest BCUT2D eigenvalue weighted by atomic mass is 10.2. The third-order valence-electron chi connectivity index (χ3n) is 1.78. The van der Waals surface area contributed by atoms with Crippen molar-refractivity contribution in [1.82, 2.24) is 9.62 Å². The maximum Gasteiger partial charge on any atom is 0.322 e. The minimum absolute atomic E-state index is 0.371. The number of nitrogens with one attached hydrogen (secondary N) is 1. The lowest BCUT2D eigenvalue weighted by molar-refractivity contribution is -0.135. The number of benzene rings is 1. The second-order valence-electron chi connectivity index (χ2n) is 3.51. The van der Waals surface area contributed by atoms with Crippen molar-refractivity contribution in [3.8, 4) is 0 Å². The maximum absolute atomic E-state index is 11.6. The van der Waals surface area contributed by atoms with Crippen molar-refractivity contribution in [3.63, 3.8) is 0 Å². The average Bonchev–Trinajstić information content (AvgIpc) is 2.25. The van der Waals surface area contributed by atoms with Gasteiger partial charge >= 0.3 is 5.97 Å². The van der Waals surface area contributed by atoms with Gasteiger partial charge in [-0.15, -0.1) is 0 Å². The molecule has 0 saturated heterocycles. The van der Waals surface area contributed by atoms with Crippen LogP contribution in [0.15, 0.2) is 29.2 Å². The number of rotatable bonds is 5. The second kappa shape index (κ2) is 6.27. The van der Waals surface area contributed by atoms with E-state index in [2.05, 4.69) is 5.32 Å². The van der Waals surface area contributed by atoms with E-state index in [9.17, 15) is 9.59 Å². The summed E-state index contributed by atoms with van der Waals surface area (Å²) in [6, 6.07) is 7.03. The van der Waals surface area contributed by atoms with E-state index in [1.165, 1.54) is 11.9 Å². The molecule has 1 aromatic carbocycles. The van der Waals surface area contributed by atoms with Crippen LogP contribution in [0.3, 0.4) is 0 Å². The first-order valence-electron chi connectivity index (χ1n) is 4.94. The topological polar surface area (TPSA) is 69.6 Å². The highest BCUT2D eigenvalue weighted by molar-refractivity contribution is 7.97. The summed E-state index contributed by atoms with van der Waals surface area (Å²) in [4.78, 5) is 22.8. The molecule has 0 spiro atoms. The number of hydrogen-bond acceptors (Lipinski definition) is 4. The van der Waals surface area contributed by atoms with Gasteiger partial charge in [-0.05, 0) is 44.2 Å². The van der Waals surface area contributed by atoms with E-state index >= 15 is 0 Å². The van der Waals surface area contributed by atoms with Crippen LogP contribution in [0.4, 0.5) is 0 Å². The molecular formula is C11H14N2O3S. The van der Waals surface area contributed by atoms with Gasteiger partial charge in [-0.3, -0.25) is 13.9 Å². The molecule has 0 fully saturated rings. The van der Waals surface area contributed by atoms with Crippen LogP contribution >= 0.6 is 11.9 Å². The number of carboxylic acid groups (broad SMARTS) is 1. The summed E-state index contributed by atoms with van der Waals surface area (Å²) in [7, 11) is 3.81. The van der Waals surface area contributed by atoms with Crippen LogP contribution in [0.5, 0.6) is 0 Å². The Kier molecular flexibility index (Phi) is 4.99. The number of amides is 1. The van der Waals surface area contributed by atoms with Crippen LogP contribution in [0.1, 0.15) is 10.4 Å². The highest BCUT2D eigenvalue weighted by Crippen LogP contribution is 2.20. The van der Waals surface area contributed by atoms with Gasteiger partial charge in [0, 0.05) is 10.5 Å². The smallest absolute Gasteiger partial charge is 0.322 e. The van der Waals surface area contributed by atoms with Gasteiger partial charge in [0.15, 0.2) is 0 Å². The zero-order valence-electron chi connectivity index (χ0n) is 9.64. The third-order valence-corrected chi connectivity index (χ3v) is 2.61. The summed E-state index contributed by atoms with van der Waals surface area (Å²) in [6.07, 6.45) is 0. The molecule has 6 heteroatoms. The van der Waals surface area contributed by atoms with E-state index in [-0.39, 0.29) is 12.5 Å². The molecule has 92 valence electrons. The van der Waals surface area contributed by atoms with Crippen LogP contribution in [0.2, 0.25) is 0 Å². The highest BCUT2D eigenvalue weighted by Gasteiger charge is 2.08. The van der Waals surface area contributed by atoms with Gasteiger partial charge in [0.2, 0.25) is 0 Å². The van der Waals surface area contributed by atoms with Crippen molar-refractivity contribution < 1.29 is 14.7 Å². The number of carboxylic acids is 1. The first-order valence-corrected chi connectivity index (χ1v) is 5.71. The summed E-state index contributed by atoms with van der Waals surface area (Å²) >= 11 is 1.49. The van der Waals surface area contributed by atoms with Gasteiger partial charge in [0.1, 0.15) is 6.54 Å². The molecule has 0 aliphatic heterocycles. The Hall–Kier alpha value is -1.53. The minimum atomic E-state index is -1.06. The van der Waals surface area contributed by atoms with Crippen LogP contribution in [0, 0.1) is 0 Å². The molecule has 1 rings (SSSR count). The first kappa shape index (κ1) is 13.5. The Morgan fingerprint density at radius 3 is 2.71 bits per heavy atom. The second-order valence-corrected chi connectivity index (χ2v) is 4.89. The molecule has 0 aromatic heterocycles. The zero-order valence-corrected chi connectivity index (χ0v) is 10.5. The molecule has 0 saturated carbocycles. The van der Waals surface area contributed by atoms with Gasteiger partial charge < -0.3 is 10.4 Å². The Morgan fingerprint density at radius 1 is 1.41 bits per heavy atom. The van der Waals surface area contributed by atoms with Crippen molar-refractivity contribution in [2.75, 3.05) is 20.6 Å². The Balaban J connectivity index is 2.70. The standard InChI is InChI=1S/C11H14N2O3S/c1-13(2)17-9-5-3-4-8(6-9)11(16)12-7-10(14)15/h3-6H,7H2,1-2H3,(H,12,16)(H,14,15). The fraction of sp³-hybridized carbons (Fsp3) is 0.273. The molecule has 0 heterocycles. The molecule has 0 unspecified atom stereocenters. The van der Waals surface area contributed by atoms with Gasteiger partial charge in [-0.25, -0.2) is 0 Å². The normalized spacial score (nSPS) is 10.3. The van der Waals surface area contributed by atoms with E-state index in [1.807, 2.05) is 24.5 Å². The largest absolute Gasteiger partial charge is 0.480 e. The van der Waals surface area contributed by atoms with Crippen LogP contribution < -0.4 is 5.32 Å². The monoisotopic (exact) mass is 254 g/mol. The summed E-state index contributed by atoms with van der Waals surface area (Å²) in [5.41, 5.74) is 0.457. The van der Waals surface area contributed by atoms with Gasteiger partial charge in [0.25, 0.3) is 5.91 Å². The Labute approximate surface area is 104 Å². The van der Waals surface area contributed by atoms with Crippen molar-refractivity contribution >= 4 is 23.8 Å². The maximum atomic E-state index is 11.6. The first-order chi connectivity index (χ1) is 7.99. The fourth-order valence-corrected chi connectivity index (χ4v) is 1.90. The van der Waals surface area contributed by atoms with Crippen molar-refractivity contribution in [2.45, 2.75) is 4.90 Å². The molecule has 1 aromatic rings. The lowest BCUT2D eigenvalue weighted by Crippen LogP contribution is -2.29. The molecule has 0 aliphatic rings. The van der Waals surface area contributed by atoms with Crippen molar-refractivity contribution in [3.05, 3.63) is 29.8 Å². The summed E-state index contributed by atoms with van der Waals surface area (Å²) < 4.78 is 1.91. The van der Waals surface area contributed by atoms with Gasteiger partial charge in [-0.1, -0.05) is 6.07 Å². The van der Waals surface area contributed by atoms with Crippen LogP contribution in [-0.4, -0.2) is 41.9 Å². The Bertz CT molecular complexity index is 421. The Morgan fingerprint density at radius 2 is 2.12 bits per heavy atom. The minimum Gasteiger partial charge on any atom is -0.480 e. The quantitative estimate of drug-likeness (QED) is 0.769. The molecule has 0 aliphatic carbocycles. The molecule has 1 amide bonds. The van der Waals surface area contributed by atoms with E-state index in [1.54, 1.807) is 18.2 Å². The molecular weight excluding hydrogens is 240 g/mol. The van der Waals surface area contributed by atoms with E-state index < -0.39 is 5.97 Å². The van der Waals surface area contributed by atoms with E-state index in [4.69, 9.17) is 5.11 Å². The number of hydrogen-bond donors (Lipinski definition) is 2. The molecule has 0 bridgehead atoms. The number of aliphatic carboxylic acids is 1. The van der Waals surface area contributed by atoms with E-state index in [0.29, 0.717) is 5.56 Å². The average molecular weight is 254 g/mol. The van der Waals surface area contributed by atoms with Crippen molar-refractivity contribution in [1.29, 1.82) is 0 Å². The molecule has 0 atom stereocenters. The number of nitrogens with zero attached hydrogens (tertiary/aromatic N) is 1. The van der Waals surface area contributed by atoms with E-state index in [0.717, 1.165) is 4.90 Å². The number of carbonyl (C=O) groups is 2. The SMILES string of the molecule is CN(C)Sc1cccc(C(=O)NCC(=O)O)c1. The van der Waals surface area contributed by atoms with Crippen LogP contribution in [-0.2, 0) is 4.79 Å². The fourth-order valence-electron chi connectivity index (χ4n) is 1.16. The predicted octanol–water partition coefficient (Wildman–Crippen LogP) is 1.07. The molecule has 5 nitrogen and oxygen atoms in total. The highest BCUT2D eigenvalue weighted by atomic mass is 32.2. The lowest BCUT2D eigenvalue weighted by Gasteiger charge is -2.09. The zero-order chi connectivity index (χ0) is 12.8.